The van der Waals surface area contributed by atoms with E-state index in [9.17, 15) is 13.2 Å². The maximum absolute atomic E-state index is 13.4. The topological polar surface area (TPSA) is 103 Å². The third kappa shape index (κ3) is 5.87. The third-order valence-electron chi connectivity index (χ3n) is 6.48. The van der Waals surface area contributed by atoms with Gasteiger partial charge in [-0.1, -0.05) is 0 Å². The Balaban J connectivity index is 1.77. The molecule has 1 N–H and O–H groups in total. The van der Waals surface area contributed by atoms with Gasteiger partial charge in [0.2, 0.25) is 10.0 Å². The number of hydrogen-bond donors (Lipinski definition) is 1. The summed E-state index contributed by atoms with van der Waals surface area (Å²) in [6, 6.07) is 4.45. The molecule has 34 heavy (non-hydrogen) atoms. The highest BCUT2D eigenvalue weighted by Crippen LogP contribution is 2.37. The van der Waals surface area contributed by atoms with Crippen molar-refractivity contribution in [1.29, 1.82) is 0 Å². The molecule has 9 nitrogen and oxygen atoms in total. The number of sulfonamides is 1. The van der Waals surface area contributed by atoms with Crippen LogP contribution in [0.15, 0.2) is 23.1 Å². The summed E-state index contributed by atoms with van der Waals surface area (Å²) < 4.78 is 52.7. The maximum atomic E-state index is 13.4. The summed E-state index contributed by atoms with van der Waals surface area (Å²) in [5, 5.41) is 0. The molecule has 11 heteroatoms. The van der Waals surface area contributed by atoms with Crippen LogP contribution in [-0.4, -0.2) is 69.6 Å². The molecule has 0 unspecified atom stereocenters. The number of nitrogens with one attached hydrogen (secondary N) is 1. The summed E-state index contributed by atoms with van der Waals surface area (Å²) in [7, 11) is -3.23. The second-order valence-corrected chi connectivity index (χ2v) is 12.5. The van der Waals surface area contributed by atoms with Gasteiger partial charge in [0.05, 0.1) is 23.2 Å². The molecule has 1 amide bonds. The minimum atomic E-state index is -3.89. The molecule has 2 aliphatic heterocycles. The van der Waals surface area contributed by atoms with Gasteiger partial charge in [0.25, 0.3) is 0 Å². The van der Waals surface area contributed by atoms with E-state index in [4.69, 9.17) is 18.8 Å². The summed E-state index contributed by atoms with van der Waals surface area (Å²) in [4.78, 5) is 14.0. The minimum absolute atomic E-state index is 0.0846. The number of carbonyl (C=O) groups is 1. The zero-order valence-corrected chi connectivity index (χ0v) is 22.2. The number of benzene rings is 1. The number of ether oxygens (including phenoxy) is 2. The lowest BCUT2D eigenvalue weighted by Gasteiger charge is -2.33. The van der Waals surface area contributed by atoms with Crippen molar-refractivity contribution in [3.63, 3.8) is 0 Å². The van der Waals surface area contributed by atoms with Crippen LogP contribution in [0.5, 0.6) is 5.75 Å². The molecule has 0 aromatic heterocycles. The van der Waals surface area contributed by atoms with Gasteiger partial charge in [-0.15, -0.1) is 0 Å². The fraction of sp³-hybridized carbons (Fsp3) is 0.696. The fourth-order valence-corrected chi connectivity index (χ4v) is 5.36. The summed E-state index contributed by atoms with van der Waals surface area (Å²) in [5.41, 5.74) is -1.43. The molecule has 0 atom stereocenters. The Labute approximate surface area is 203 Å². The molecule has 0 saturated carbocycles. The third-order valence-corrected chi connectivity index (χ3v) is 8.08. The lowest BCUT2D eigenvalue weighted by atomic mass is 9.79. The summed E-state index contributed by atoms with van der Waals surface area (Å²) in [5.74, 6) is 0.509. The molecule has 2 saturated heterocycles. The first-order chi connectivity index (χ1) is 15.5. The van der Waals surface area contributed by atoms with E-state index < -0.39 is 33.9 Å². The van der Waals surface area contributed by atoms with Gasteiger partial charge in [0, 0.05) is 24.6 Å². The van der Waals surface area contributed by atoms with Gasteiger partial charge in [-0.25, -0.2) is 17.9 Å². The monoisotopic (exact) mass is 496 g/mol. The standard InChI is InChI=1S/C23H37BN2O7S/c1-21(2,3)31-20(27)26-13-11-16(12-14-26)25-34(28,29)19-10-9-17(30-8)15-18(19)24-32-22(4,5)23(6,7)33-24/h9-10,15-16,25H,11-14H2,1-8H3. The van der Waals surface area contributed by atoms with Crippen LogP contribution >= 0.6 is 0 Å². The summed E-state index contributed by atoms with van der Waals surface area (Å²) >= 11 is 0. The number of likely N-dealkylation sites (tertiary alicyclic amines) is 1. The van der Waals surface area contributed by atoms with Crippen LogP contribution in [0.3, 0.4) is 0 Å². The van der Waals surface area contributed by atoms with Crippen LogP contribution < -0.4 is 14.9 Å². The average Bonchev–Trinajstić information content (AvgIpc) is 2.93. The average molecular weight is 496 g/mol. The van der Waals surface area contributed by atoms with Crippen molar-refractivity contribution < 1.29 is 32.0 Å². The van der Waals surface area contributed by atoms with E-state index in [2.05, 4.69) is 4.72 Å². The van der Waals surface area contributed by atoms with Crippen molar-refractivity contribution >= 4 is 28.7 Å². The van der Waals surface area contributed by atoms with E-state index in [0.29, 0.717) is 37.1 Å². The van der Waals surface area contributed by atoms with Crippen LogP contribution in [0.25, 0.3) is 0 Å². The van der Waals surface area contributed by atoms with Gasteiger partial charge in [-0.2, -0.15) is 0 Å². The van der Waals surface area contributed by atoms with Crippen LogP contribution in [0.2, 0.25) is 0 Å². The Morgan fingerprint density at radius 1 is 1.12 bits per heavy atom. The first-order valence-corrected chi connectivity index (χ1v) is 13.1. The van der Waals surface area contributed by atoms with Crippen molar-refractivity contribution in [2.75, 3.05) is 20.2 Å². The highest BCUT2D eigenvalue weighted by molar-refractivity contribution is 7.89. The molecule has 190 valence electrons. The van der Waals surface area contributed by atoms with E-state index in [1.165, 1.54) is 13.2 Å². The molecule has 2 fully saturated rings. The normalized spacial score (nSPS) is 20.9. The van der Waals surface area contributed by atoms with Crippen LogP contribution in [0, 0.1) is 0 Å². The Bertz CT molecular complexity index is 997. The number of piperidine rings is 1. The lowest BCUT2D eigenvalue weighted by molar-refractivity contribution is 0.00578. The quantitative estimate of drug-likeness (QED) is 0.626. The molecule has 0 radical (unpaired) electrons. The van der Waals surface area contributed by atoms with E-state index in [-0.39, 0.29) is 17.0 Å². The SMILES string of the molecule is COc1ccc(S(=O)(=O)NC2CCN(C(=O)OC(C)(C)C)CC2)c(B2OC(C)(C)C(C)(C)O2)c1. The van der Waals surface area contributed by atoms with Gasteiger partial charge in [0.1, 0.15) is 11.4 Å². The number of hydrogen-bond acceptors (Lipinski definition) is 7. The van der Waals surface area contributed by atoms with E-state index in [0.717, 1.165) is 0 Å². The molecule has 1 aromatic rings. The zero-order chi connectivity index (χ0) is 25.5. The van der Waals surface area contributed by atoms with Crippen molar-refractivity contribution in [2.45, 2.75) is 89.0 Å². The number of nitrogens with zero attached hydrogens (tertiary/aromatic N) is 1. The number of methoxy groups -OCH3 is 1. The molecular weight excluding hydrogens is 459 g/mol. The number of amides is 1. The van der Waals surface area contributed by atoms with Gasteiger partial charge in [-0.05, 0) is 79.5 Å². The second kappa shape index (κ2) is 9.33. The molecule has 0 aliphatic carbocycles. The molecule has 0 spiro atoms. The van der Waals surface area contributed by atoms with Crippen molar-refractivity contribution in [3.05, 3.63) is 18.2 Å². The largest absolute Gasteiger partial charge is 0.497 e. The predicted octanol–water partition coefficient (Wildman–Crippen LogP) is 2.67. The van der Waals surface area contributed by atoms with Crippen molar-refractivity contribution in [2.24, 2.45) is 0 Å². The smallest absolute Gasteiger partial charge is 0.496 e. The Morgan fingerprint density at radius 3 is 2.18 bits per heavy atom. The van der Waals surface area contributed by atoms with Crippen LogP contribution in [-0.2, 0) is 24.1 Å². The van der Waals surface area contributed by atoms with Crippen LogP contribution in [0.1, 0.15) is 61.3 Å². The zero-order valence-electron chi connectivity index (χ0n) is 21.4. The second-order valence-electron chi connectivity index (χ2n) is 10.9. The first kappa shape index (κ1) is 26.8. The highest BCUT2D eigenvalue weighted by atomic mass is 32.2. The number of carbonyl (C=O) groups excluding carboxylic acids is 1. The number of rotatable bonds is 5. The lowest BCUT2D eigenvalue weighted by Crippen LogP contribution is -2.48. The Hall–Kier alpha value is -1.82. The van der Waals surface area contributed by atoms with E-state index >= 15 is 0 Å². The van der Waals surface area contributed by atoms with E-state index in [1.807, 2.05) is 48.5 Å². The minimum Gasteiger partial charge on any atom is -0.497 e. The molecule has 2 aliphatic rings. The molecule has 3 rings (SSSR count). The molecule has 0 bridgehead atoms. The Kier molecular flexibility index (Phi) is 7.35. The molecular formula is C23H37BN2O7S. The summed E-state index contributed by atoms with van der Waals surface area (Å²) in [6.45, 7) is 13.9. The Morgan fingerprint density at radius 2 is 1.68 bits per heavy atom. The summed E-state index contributed by atoms with van der Waals surface area (Å²) in [6.07, 6.45) is 0.591. The van der Waals surface area contributed by atoms with Crippen LogP contribution in [0.4, 0.5) is 4.79 Å². The van der Waals surface area contributed by atoms with Crippen molar-refractivity contribution in [3.8, 4) is 5.75 Å². The van der Waals surface area contributed by atoms with Gasteiger partial charge in [-0.3, -0.25) is 0 Å². The highest BCUT2D eigenvalue weighted by Gasteiger charge is 2.53. The maximum Gasteiger partial charge on any atom is 0.496 e. The van der Waals surface area contributed by atoms with Gasteiger partial charge < -0.3 is 23.7 Å². The fourth-order valence-electron chi connectivity index (χ4n) is 3.84. The van der Waals surface area contributed by atoms with Gasteiger partial charge >= 0.3 is 13.2 Å². The molecule has 1 aromatic carbocycles. The van der Waals surface area contributed by atoms with Crippen molar-refractivity contribution in [1.82, 2.24) is 9.62 Å². The van der Waals surface area contributed by atoms with E-state index in [1.54, 1.807) is 17.0 Å². The van der Waals surface area contributed by atoms with Gasteiger partial charge in [0.15, 0.2) is 0 Å². The molecule has 2 heterocycles. The predicted molar refractivity (Wildman–Crippen MR) is 130 cm³/mol. The first-order valence-electron chi connectivity index (χ1n) is 11.6.